The lowest BCUT2D eigenvalue weighted by molar-refractivity contribution is -0.138. The lowest BCUT2D eigenvalue weighted by Gasteiger charge is -2.19. The number of anilines is 1. The molecule has 0 aliphatic rings. The van der Waals surface area contributed by atoms with E-state index in [4.69, 9.17) is 0 Å². The minimum Gasteiger partial charge on any atom is -0.480 e. The van der Waals surface area contributed by atoms with Gasteiger partial charge in [-0.2, -0.15) is 0 Å². The predicted octanol–water partition coefficient (Wildman–Crippen LogP) is 2.46. The maximum absolute atomic E-state index is 11.3. The van der Waals surface area contributed by atoms with Crippen molar-refractivity contribution in [3.8, 4) is 0 Å². The second-order valence-electron chi connectivity index (χ2n) is 4.90. The molecule has 0 amide bonds. The molecule has 1 heterocycles. The molecule has 19 heavy (non-hydrogen) atoms. The molecule has 0 fully saturated rings. The van der Waals surface area contributed by atoms with Crippen LogP contribution in [0.4, 0.5) is 5.82 Å². The summed E-state index contributed by atoms with van der Waals surface area (Å²) in [6.45, 7) is 5.69. The number of aliphatic carboxylic acids is 1. The Kier molecular flexibility index (Phi) is 3.64. The van der Waals surface area contributed by atoms with Crippen LogP contribution < -0.4 is 5.32 Å². The van der Waals surface area contributed by atoms with Crippen molar-refractivity contribution in [2.24, 2.45) is 5.92 Å². The molecule has 5 heteroatoms. The van der Waals surface area contributed by atoms with Crippen molar-refractivity contribution >= 4 is 22.7 Å². The van der Waals surface area contributed by atoms with Crippen LogP contribution in [0.15, 0.2) is 24.5 Å². The first-order valence-corrected chi connectivity index (χ1v) is 6.20. The average molecular weight is 259 g/mol. The first kappa shape index (κ1) is 13.3. The molecule has 2 aromatic rings. The molecular weight excluding hydrogens is 242 g/mol. The summed E-state index contributed by atoms with van der Waals surface area (Å²) >= 11 is 0. The van der Waals surface area contributed by atoms with E-state index >= 15 is 0 Å². The van der Waals surface area contributed by atoms with Crippen LogP contribution in [0.25, 0.3) is 10.9 Å². The summed E-state index contributed by atoms with van der Waals surface area (Å²) in [6, 6.07) is 5.10. The van der Waals surface area contributed by atoms with E-state index in [0.29, 0.717) is 5.82 Å². The van der Waals surface area contributed by atoms with Crippen molar-refractivity contribution in [2.75, 3.05) is 5.32 Å². The average Bonchev–Trinajstić information content (AvgIpc) is 2.35. The summed E-state index contributed by atoms with van der Waals surface area (Å²) in [7, 11) is 0. The Morgan fingerprint density at radius 1 is 1.32 bits per heavy atom. The zero-order chi connectivity index (χ0) is 14.0. The van der Waals surface area contributed by atoms with Gasteiger partial charge in [-0.05, 0) is 24.5 Å². The summed E-state index contributed by atoms with van der Waals surface area (Å²) in [6.07, 6.45) is 1.45. The van der Waals surface area contributed by atoms with Crippen LogP contribution in [0, 0.1) is 12.8 Å². The van der Waals surface area contributed by atoms with Gasteiger partial charge >= 0.3 is 5.97 Å². The van der Waals surface area contributed by atoms with Gasteiger partial charge in [-0.1, -0.05) is 26.0 Å². The zero-order valence-corrected chi connectivity index (χ0v) is 11.2. The van der Waals surface area contributed by atoms with E-state index in [-0.39, 0.29) is 5.92 Å². The van der Waals surface area contributed by atoms with Crippen molar-refractivity contribution < 1.29 is 9.90 Å². The van der Waals surface area contributed by atoms with Crippen LogP contribution in [0.1, 0.15) is 19.4 Å². The zero-order valence-electron chi connectivity index (χ0n) is 11.2. The quantitative estimate of drug-likeness (QED) is 0.882. The monoisotopic (exact) mass is 259 g/mol. The van der Waals surface area contributed by atoms with Crippen molar-refractivity contribution in [1.82, 2.24) is 9.97 Å². The van der Waals surface area contributed by atoms with E-state index in [1.54, 1.807) is 0 Å². The number of hydrogen-bond donors (Lipinski definition) is 2. The number of aromatic nitrogens is 2. The minimum absolute atomic E-state index is 0.0356. The molecule has 0 aliphatic heterocycles. The molecule has 2 rings (SSSR count). The Morgan fingerprint density at radius 3 is 2.68 bits per heavy atom. The second kappa shape index (κ2) is 5.22. The number of nitrogens with one attached hydrogen (secondary N) is 1. The number of nitrogens with zero attached hydrogens (tertiary/aromatic N) is 2. The van der Waals surface area contributed by atoms with E-state index in [9.17, 15) is 9.90 Å². The smallest absolute Gasteiger partial charge is 0.326 e. The fourth-order valence-electron chi connectivity index (χ4n) is 2.05. The fourth-order valence-corrected chi connectivity index (χ4v) is 2.05. The molecule has 1 aromatic carbocycles. The molecule has 0 bridgehead atoms. The van der Waals surface area contributed by atoms with Crippen molar-refractivity contribution in [1.29, 1.82) is 0 Å². The SMILES string of the molecule is Cc1cccc2ncnc(N[C@@H](C(=O)O)C(C)C)c12. The van der Waals surface area contributed by atoms with Gasteiger partial charge in [0.2, 0.25) is 0 Å². The summed E-state index contributed by atoms with van der Waals surface area (Å²) in [5, 5.41) is 13.1. The Labute approximate surface area is 111 Å². The van der Waals surface area contributed by atoms with Gasteiger partial charge in [0, 0.05) is 5.39 Å². The van der Waals surface area contributed by atoms with Gasteiger partial charge in [-0.3, -0.25) is 0 Å². The topological polar surface area (TPSA) is 75.1 Å². The lowest BCUT2D eigenvalue weighted by atomic mass is 10.0. The molecule has 2 N–H and O–H groups in total. The molecule has 0 aliphatic carbocycles. The van der Waals surface area contributed by atoms with Crippen molar-refractivity contribution in [2.45, 2.75) is 26.8 Å². The molecule has 0 saturated carbocycles. The number of aryl methyl sites for hydroxylation is 1. The summed E-state index contributed by atoms with van der Waals surface area (Å²) < 4.78 is 0. The third-order valence-corrected chi connectivity index (χ3v) is 3.10. The van der Waals surface area contributed by atoms with Crippen LogP contribution in [0.2, 0.25) is 0 Å². The first-order chi connectivity index (χ1) is 9.00. The summed E-state index contributed by atoms with van der Waals surface area (Å²) in [4.78, 5) is 19.6. The van der Waals surface area contributed by atoms with Gasteiger partial charge in [0.05, 0.1) is 5.52 Å². The molecule has 0 unspecified atom stereocenters. The molecular formula is C14H17N3O2. The van der Waals surface area contributed by atoms with Gasteiger partial charge in [-0.15, -0.1) is 0 Å². The van der Waals surface area contributed by atoms with E-state index < -0.39 is 12.0 Å². The minimum atomic E-state index is -0.879. The highest BCUT2D eigenvalue weighted by molar-refractivity contribution is 5.93. The molecule has 100 valence electrons. The van der Waals surface area contributed by atoms with E-state index in [0.717, 1.165) is 16.5 Å². The van der Waals surface area contributed by atoms with E-state index in [1.165, 1.54) is 6.33 Å². The van der Waals surface area contributed by atoms with E-state index in [1.807, 2.05) is 39.0 Å². The number of benzene rings is 1. The maximum atomic E-state index is 11.3. The molecule has 1 aromatic heterocycles. The number of carbonyl (C=O) groups is 1. The summed E-state index contributed by atoms with van der Waals surface area (Å²) in [5.74, 6) is -0.342. The van der Waals surface area contributed by atoms with Gasteiger partial charge in [0.1, 0.15) is 18.2 Å². The maximum Gasteiger partial charge on any atom is 0.326 e. The van der Waals surface area contributed by atoms with Gasteiger partial charge in [0.25, 0.3) is 0 Å². The Balaban J connectivity index is 2.48. The molecule has 1 atom stereocenters. The van der Waals surface area contributed by atoms with Crippen LogP contribution in [0.5, 0.6) is 0 Å². The number of carboxylic acid groups (broad SMARTS) is 1. The predicted molar refractivity (Wildman–Crippen MR) is 74.2 cm³/mol. The number of carboxylic acids is 1. The molecule has 0 spiro atoms. The fraction of sp³-hybridized carbons (Fsp3) is 0.357. The summed E-state index contributed by atoms with van der Waals surface area (Å²) in [5.41, 5.74) is 1.83. The van der Waals surface area contributed by atoms with Crippen molar-refractivity contribution in [3.63, 3.8) is 0 Å². The van der Waals surface area contributed by atoms with Crippen LogP contribution in [-0.4, -0.2) is 27.1 Å². The number of hydrogen-bond acceptors (Lipinski definition) is 4. The third kappa shape index (κ3) is 2.65. The Bertz CT molecular complexity index is 605. The highest BCUT2D eigenvalue weighted by atomic mass is 16.4. The van der Waals surface area contributed by atoms with Crippen LogP contribution in [-0.2, 0) is 4.79 Å². The Hall–Kier alpha value is -2.17. The van der Waals surface area contributed by atoms with Gasteiger partial charge in [-0.25, -0.2) is 14.8 Å². The third-order valence-electron chi connectivity index (χ3n) is 3.10. The first-order valence-electron chi connectivity index (χ1n) is 6.20. The largest absolute Gasteiger partial charge is 0.480 e. The van der Waals surface area contributed by atoms with E-state index in [2.05, 4.69) is 15.3 Å². The highest BCUT2D eigenvalue weighted by Crippen LogP contribution is 2.24. The van der Waals surface area contributed by atoms with Gasteiger partial charge in [0.15, 0.2) is 0 Å². The van der Waals surface area contributed by atoms with Crippen LogP contribution >= 0.6 is 0 Å². The van der Waals surface area contributed by atoms with Gasteiger partial charge < -0.3 is 10.4 Å². The lowest BCUT2D eigenvalue weighted by Crippen LogP contribution is -2.34. The van der Waals surface area contributed by atoms with Crippen LogP contribution in [0.3, 0.4) is 0 Å². The van der Waals surface area contributed by atoms with Crippen molar-refractivity contribution in [3.05, 3.63) is 30.1 Å². The normalized spacial score (nSPS) is 12.6. The standard InChI is InChI=1S/C14H17N3O2/c1-8(2)12(14(18)19)17-13-11-9(3)5-4-6-10(11)15-7-16-13/h4-8,12H,1-3H3,(H,18,19)(H,15,16,17)/t12-/m1/s1. The highest BCUT2D eigenvalue weighted by Gasteiger charge is 2.22. The number of fused-ring (bicyclic) bond motifs is 1. The Morgan fingerprint density at radius 2 is 2.05 bits per heavy atom. The number of rotatable bonds is 4. The molecule has 0 saturated heterocycles. The molecule has 0 radical (unpaired) electrons. The second-order valence-corrected chi connectivity index (χ2v) is 4.90. The molecule has 5 nitrogen and oxygen atoms in total.